The zero-order chi connectivity index (χ0) is 21.7. The number of imide groups is 1. The normalized spacial score (nSPS) is 19.5. The molecule has 0 spiro atoms. The Morgan fingerprint density at radius 3 is 2.43 bits per heavy atom. The van der Waals surface area contributed by atoms with Gasteiger partial charge in [0.05, 0.1) is 0 Å². The molecule has 2 unspecified atom stereocenters. The average molecular weight is 411 g/mol. The Labute approximate surface area is 175 Å². The number of urea groups is 1. The molecular formula is C23H26FN3O3. The maximum Gasteiger partial charge on any atom is 0.325 e. The van der Waals surface area contributed by atoms with E-state index in [1.165, 1.54) is 29.8 Å². The van der Waals surface area contributed by atoms with Crippen molar-refractivity contribution < 1.29 is 18.8 Å². The number of carbonyl (C=O) groups is 3. The minimum Gasteiger partial charge on any atom is -0.352 e. The molecule has 3 rings (SSSR count). The molecule has 1 saturated heterocycles. The molecule has 2 aromatic carbocycles. The summed E-state index contributed by atoms with van der Waals surface area (Å²) in [5, 5.41) is 5.54. The molecule has 30 heavy (non-hydrogen) atoms. The van der Waals surface area contributed by atoms with Crippen LogP contribution in [0, 0.1) is 5.82 Å². The molecule has 2 atom stereocenters. The van der Waals surface area contributed by atoms with E-state index in [0.717, 1.165) is 17.7 Å². The third kappa shape index (κ3) is 4.50. The molecule has 6 nitrogen and oxygen atoms in total. The van der Waals surface area contributed by atoms with E-state index in [4.69, 9.17) is 0 Å². The largest absolute Gasteiger partial charge is 0.352 e. The number of aryl methyl sites for hydroxylation is 1. The summed E-state index contributed by atoms with van der Waals surface area (Å²) in [6.07, 6.45) is 1.84. The Bertz CT molecular complexity index is 917. The minimum absolute atomic E-state index is 0.105. The maximum absolute atomic E-state index is 13.3. The summed E-state index contributed by atoms with van der Waals surface area (Å²) in [4.78, 5) is 38.9. The number of hydrogen-bond donors (Lipinski definition) is 2. The Hall–Kier alpha value is -3.22. The van der Waals surface area contributed by atoms with E-state index in [1.807, 2.05) is 37.3 Å². The van der Waals surface area contributed by atoms with Crippen LogP contribution in [0.3, 0.4) is 0 Å². The fourth-order valence-corrected chi connectivity index (χ4v) is 3.71. The highest BCUT2D eigenvalue weighted by Gasteiger charge is 2.51. The van der Waals surface area contributed by atoms with Gasteiger partial charge in [-0.3, -0.25) is 14.5 Å². The summed E-state index contributed by atoms with van der Waals surface area (Å²) in [5.41, 5.74) is 0.382. The third-order valence-electron chi connectivity index (χ3n) is 5.46. The van der Waals surface area contributed by atoms with E-state index in [0.29, 0.717) is 5.56 Å². The van der Waals surface area contributed by atoms with Gasteiger partial charge in [0, 0.05) is 6.04 Å². The van der Waals surface area contributed by atoms with Crippen LogP contribution in [-0.4, -0.2) is 35.3 Å². The van der Waals surface area contributed by atoms with Crippen molar-refractivity contribution in [2.75, 3.05) is 6.54 Å². The molecule has 1 fully saturated rings. The Kier molecular flexibility index (Phi) is 6.50. The Morgan fingerprint density at radius 1 is 1.13 bits per heavy atom. The second kappa shape index (κ2) is 9.07. The van der Waals surface area contributed by atoms with Crippen molar-refractivity contribution in [3.05, 3.63) is 71.5 Å². The lowest BCUT2D eigenvalue weighted by Crippen LogP contribution is -2.46. The lowest BCUT2D eigenvalue weighted by Gasteiger charge is -2.25. The minimum atomic E-state index is -1.29. The number of nitrogens with one attached hydrogen (secondary N) is 2. The highest BCUT2D eigenvalue weighted by atomic mass is 19.1. The number of rotatable bonds is 8. The van der Waals surface area contributed by atoms with E-state index < -0.39 is 29.2 Å². The van der Waals surface area contributed by atoms with Gasteiger partial charge in [-0.2, -0.15) is 0 Å². The van der Waals surface area contributed by atoms with Crippen LogP contribution in [-0.2, 0) is 21.5 Å². The van der Waals surface area contributed by atoms with Crippen LogP contribution in [0.1, 0.15) is 37.8 Å². The summed E-state index contributed by atoms with van der Waals surface area (Å²) in [6, 6.07) is 14.7. The van der Waals surface area contributed by atoms with Crippen LogP contribution in [0.15, 0.2) is 54.6 Å². The molecule has 4 amide bonds. The van der Waals surface area contributed by atoms with Crippen LogP contribution in [0.4, 0.5) is 9.18 Å². The van der Waals surface area contributed by atoms with E-state index in [1.54, 1.807) is 6.92 Å². The van der Waals surface area contributed by atoms with Gasteiger partial charge in [-0.25, -0.2) is 9.18 Å². The standard InChI is InChI=1S/C23H26FN3O3/c1-3-23(18-11-13-19(24)14-12-18)21(29)27(22(30)26-23)15-20(28)25-16(2)9-10-17-7-5-4-6-8-17/h4-8,11-14,16H,3,9-10,15H2,1-2H3,(H,25,28)(H,26,30). The summed E-state index contributed by atoms with van der Waals surface area (Å²) in [5.74, 6) is -1.33. The zero-order valence-electron chi connectivity index (χ0n) is 17.2. The van der Waals surface area contributed by atoms with Gasteiger partial charge in [-0.1, -0.05) is 49.4 Å². The van der Waals surface area contributed by atoms with E-state index in [2.05, 4.69) is 10.6 Å². The second-order valence-corrected chi connectivity index (χ2v) is 7.58. The molecule has 0 radical (unpaired) electrons. The highest BCUT2D eigenvalue weighted by Crippen LogP contribution is 2.32. The predicted molar refractivity (Wildman–Crippen MR) is 111 cm³/mol. The average Bonchev–Trinajstić information content (AvgIpc) is 2.98. The number of hydrogen-bond acceptors (Lipinski definition) is 3. The first kappa shape index (κ1) is 21.5. The molecule has 158 valence electrons. The van der Waals surface area contributed by atoms with E-state index in [-0.39, 0.29) is 19.0 Å². The second-order valence-electron chi connectivity index (χ2n) is 7.58. The number of amides is 4. The number of carbonyl (C=O) groups excluding carboxylic acids is 3. The SMILES string of the molecule is CCC1(c2ccc(F)cc2)NC(=O)N(CC(=O)NC(C)CCc2ccccc2)C1=O. The summed E-state index contributed by atoms with van der Waals surface area (Å²) < 4.78 is 13.3. The van der Waals surface area contributed by atoms with E-state index in [9.17, 15) is 18.8 Å². The molecule has 1 aliphatic rings. The van der Waals surface area contributed by atoms with Crippen molar-refractivity contribution in [3.8, 4) is 0 Å². The van der Waals surface area contributed by atoms with Crippen molar-refractivity contribution in [1.29, 1.82) is 0 Å². The molecule has 1 aliphatic heterocycles. The quantitative estimate of drug-likeness (QED) is 0.655. The first-order valence-electron chi connectivity index (χ1n) is 10.1. The summed E-state index contributed by atoms with van der Waals surface area (Å²) >= 11 is 0. The van der Waals surface area contributed by atoms with Crippen LogP contribution >= 0.6 is 0 Å². The van der Waals surface area contributed by atoms with Crippen molar-refractivity contribution in [3.63, 3.8) is 0 Å². The lowest BCUT2D eigenvalue weighted by atomic mass is 9.87. The van der Waals surface area contributed by atoms with Gasteiger partial charge in [-0.15, -0.1) is 0 Å². The fourth-order valence-electron chi connectivity index (χ4n) is 3.71. The number of halogens is 1. The van der Waals surface area contributed by atoms with Crippen LogP contribution < -0.4 is 10.6 Å². The van der Waals surface area contributed by atoms with Gasteiger partial charge < -0.3 is 10.6 Å². The molecule has 0 aromatic heterocycles. The number of benzene rings is 2. The van der Waals surface area contributed by atoms with Crippen molar-refractivity contribution in [1.82, 2.24) is 15.5 Å². The van der Waals surface area contributed by atoms with Gasteiger partial charge in [-0.05, 0) is 49.4 Å². The molecule has 1 heterocycles. The van der Waals surface area contributed by atoms with Crippen molar-refractivity contribution in [2.45, 2.75) is 44.7 Å². The molecule has 7 heteroatoms. The highest BCUT2D eigenvalue weighted by molar-refractivity contribution is 6.09. The summed E-state index contributed by atoms with van der Waals surface area (Å²) in [7, 11) is 0. The van der Waals surface area contributed by atoms with Gasteiger partial charge in [0.1, 0.15) is 17.9 Å². The molecule has 2 aromatic rings. The Balaban J connectivity index is 1.61. The monoisotopic (exact) mass is 411 g/mol. The molecule has 0 saturated carbocycles. The van der Waals surface area contributed by atoms with Gasteiger partial charge in [0.2, 0.25) is 5.91 Å². The van der Waals surface area contributed by atoms with Crippen molar-refractivity contribution >= 4 is 17.8 Å². The van der Waals surface area contributed by atoms with E-state index >= 15 is 0 Å². The summed E-state index contributed by atoms with van der Waals surface area (Å²) in [6.45, 7) is 3.29. The zero-order valence-corrected chi connectivity index (χ0v) is 17.2. The predicted octanol–water partition coefficient (Wildman–Crippen LogP) is 3.12. The molecule has 0 bridgehead atoms. The molecule has 2 N–H and O–H groups in total. The van der Waals surface area contributed by atoms with Gasteiger partial charge in [0.15, 0.2) is 0 Å². The Morgan fingerprint density at radius 2 is 1.80 bits per heavy atom. The molecular weight excluding hydrogens is 385 g/mol. The van der Waals surface area contributed by atoms with Gasteiger partial charge in [0.25, 0.3) is 5.91 Å². The molecule has 0 aliphatic carbocycles. The number of nitrogens with zero attached hydrogens (tertiary/aromatic N) is 1. The fraction of sp³-hybridized carbons (Fsp3) is 0.348. The van der Waals surface area contributed by atoms with Crippen LogP contribution in [0.5, 0.6) is 0 Å². The first-order valence-corrected chi connectivity index (χ1v) is 10.1. The van der Waals surface area contributed by atoms with Gasteiger partial charge >= 0.3 is 6.03 Å². The third-order valence-corrected chi connectivity index (χ3v) is 5.46. The smallest absolute Gasteiger partial charge is 0.325 e. The van der Waals surface area contributed by atoms with Crippen LogP contribution in [0.2, 0.25) is 0 Å². The van der Waals surface area contributed by atoms with Crippen molar-refractivity contribution in [2.24, 2.45) is 0 Å². The lowest BCUT2D eigenvalue weighted by molar-refractivity contribution is -0.135. The topological polar surface area (TPSA) is 78.5 Å². The maximum atomic E-state index is 13.3. The first-order chi connectivity index (χ1) is 14.4. The van der Waals surface area contributed by atoms with Crippen LogP contribution in [0.25, 0.3) is 0 Å².